The second-order valence-corrected chi connectivity index (χ2v) is 7.51. The number of halogens is 2. The van der Waals surface area contributed by atoms with E-state index < -0.39 is 17.7 Å². The number of benzene rings is 1. The van der Waals surface area contributed by atoms with Crippen molar-refractivity contribution in [2.45, 2.75) is 31.8 Å². The van der Waals surface area contributed by atoms with Crippen molar-refractivity contribution in [1.29, 1.82) is 0 Å². The van der Waals surface area contributed by atoms with E-state index in [1.807, 2.05) is 9.80 Å². The lowest BCUT2D eigenvalue weighted by Gasteiger charge is -2.37. The third-order valence-electron chi connectivity index (χ3n) is 5.55. The maximum atomic E-state index is 13.5. The maximum Gasteiger partial charge on any atom is 0.237 e. The predicted molar refractivity (Wildman–Crippen MR) is 99.4 cm³/mol. The van der Waals surface area contributed by atoms with Crippen LogP contribution in [0.25, 0.3) is 0 Å². The molecule has 2 fully saturated rings. The summed E-state index contributed by atoms with van der Waals surface area (Å²) in [5.41, 5.74) is 0.575. The van der Waals surface area contributed by atoms with Crippen LogP contribution in [0.4, 0.5) is 8.78 Å². The van der Waals surface area contributed by atoms with Gasteiger partial charge in [-0.05, 0) is 36.5 Å². The van der Waals surface area contributed by atoms with Crippen molar-refractivity contribution < 1.29 is 23.1 Å². The maximum absolute atomic E-state index is 13.5. The Labute approximate surface area is 163 Å². The molecule has 1 aromatic carbocycles. The Bertz CT molecular complexity index is 708. The van der Waals surface area contributed by atoms with Crippen LogP contribution in [0.1, 0.15) is 24.8 Å². The van der Waals surface area contributed by atoms with Gasteiger partial charge in [0.25, 0.3) is 0 Å². The Balaban J connectivity index is 1.61. The fourth-order valence-electron chi connectivity index (χ4n) is 3.92. The van der Waals surface area contributed by atoms with Crippen LogP contribution in [-0.4, -0.2) is 67.6 Å². The van der Waals surface area contributed by atoms with Gasteiger partial charge in [0, 0.05) is 46.4 Å². The van der Waals surface area contributed by atoms with Gasteiger partial charge in [-0.2, -0.15) is 0 Å². The number of ether oxygens (including phenoxy) is 1. The number of carbonyl (C=O) groups excluding carboxylic acids is 2. The van der Waals surface area contributed by atoms with Gasteiger partial charge < -0.3 is 15.0 Å². The zero-order valence-electron chi connectivity index (χ0n) is 16.1. The molecule has 3 rings (SSSR count). The molecule has 2 aliphatic rings. The molecule has 0 bridgehead atoms. The summed E-state index contributed by atoms with van der Waals surface area (Å²) < 4.78 is 31.8. The highest BCUT2D eigenvalue weighted by atomic mass is 19.2. The third kappa shape index (κ3) is 5.05. The fraction of sp³-hybridized carbons (Fsp3) is 0.600. The summed E-state index contributed by atoms with van der Waals surface area (Å²) in [7, 11) is 1.68. The van der Waals surface area contributed by atoms with Crippen LogP contribution in [-0.2, 0) is 20.9 Å². The highest BCUT2D eigenvalue weighted by Crippen LogP contribution is 2.21. The van der Waals surface area contributed by atoms with E-state index in [1.165, 1.54) is 6.07 Å². The van der Waals surface area contributed by atoms with E-state index >= 15 is 0 Å². The van der Waals surface area contributed by atoms with Gasteiger partial charge in [-0.25, -0.2) is 8.78 Å². The van der Waals surface area contributed by atoms with Crippen molar-refractivity contribution in [3.8, 4) is 0 Å². The van der Waals surface area contributed by atoms with Crippen LogP contribution in [0.15, 0.2) is 18.2 Å². The quantitative estimate of drug-likeness (QED) is 0.794. The molecule has 2 heterocycles. The van der Waals surface area contributed by atoms with E-state index in [0.717, 1.165) is 25.0 Å². The number of methoxy groups -OCH3 is 1. The lowest BCUT2D eigenvalue weighted by molar-refractivity contribution is -0.140. The number of carbonyl (C=O) groups is 2. The summed E-state index contributed by atoms with van der Waals surface area (Å²) in [6.07, 6.45) is 1.88. The Morgan fingerprint density at radius 2 is 1.96 bits per heavy atom. The number of likely N-dealkylation sites (tertiary alicyclic amines) is 1. The fourth-order valence-corrected chi connectivity index (χ4v) is 3.92. The summed E-state index contributed by atoms with van der Waals surface area (Å²) >= 11 is 0. The third-order valence-corrected chi connectivity index (χ3v) is 5.55. The molecule has 0 spiro atoms. The highest BCUT2D eigenvalue weighted by Gasteiger charge is 2.34. The Hall–Kier alpha value is -2.06. The van der Waals surface area contributed by atoms with Gasteiger partial charge in [-0.3, -0.25) is 14.5 Å². The number of nitrogens with one attached hydrogen (secondary N) is 1. The van der Waals surface area contributed by atoms with Gasteiger partial charge in [0.15, 0.2) is 11.6 Å². The molecule has 1 atom stereocenters. The topological polar surface area (TPSA) is 61.9 Å². The molecule has 0 aromatic heterocycles. The second-order valence-electron chi connectivity index (χ2n) is 7.51. The van der Waals surface area contributed by atoms with Gasteiger partial charge in [-0.1, -0.05) is 6.07 Å². The van der Waals surface area contributed by atoms with Crippen LogP contribution in [0.2, 0.25) is 0 Å². The van der Waals surface area contributed by atoms with Crippen molar-refractivity contribution in [3.63, 3.8) is 0 Å². The van der Waals surface area contributed by atoms with E-state index in [0.29, 0.717) is 50.8 Å². The van der Waals surface area contributed by atoms with Gasteiger partial charge >= 0.3 is 0 Å². The molecule has 0 radical (unpaired) electrons. The first kappa shape index (κ1) is 20.7. The van der Waals surface area contributed by atoms with E-state index in [1.54, 1.807) is 7.11 Å². The summed E-state index contributed by atoms with van der Waals surface area (Å²) in [4.78, 5) is 28.8. The number of hydrogen-bond donors (Lipinski definition) is 1. The molecule has 6 nitrogen and oxygen atoms in total. The zero-order chi connectivity index (χ0) is 20.1. The van der Waals surface area contributed by atoms with Gasteiger partial charge in [-0.15, -0.1) is 0 Å². The highest BCUT2D eigenvalue weighted by molar-refractivity contribution is 5.88. The summed E-state index contributed by atoms with van der Waals surface area (Å²) in [5.74, 6) is -1.59. The minimum absolute atomic E-state index is 0.0480. The molecule has 1 aromatic rings. The second kappa shape index (κ2) is 9.43. The molecule has 1 N–H and O–H groups in total. The first-order valence-electron chi connectivity index (χ1n) is 9.70. The normalized spacial score (nSPS) is 21.6. The number of rotatable bonds is 6. The molecule has 0 unspecified atom stereocenters. The zero-order valence-corrected chi connectivity index (χ0v) is 16.1. The minimum Gasteiger partial charge on any atom is -0.384 e. The first-order valence-corrected chi connectivity index (χ1v) is 9.70. The summed E-state index contributed by atoms with van der Waals surface area (Å²) in [6.45, 7) is 3.36. The molecule has 2 saturated heterocycles. The number of nitrogens with zero attached hydrogens (tertiary/aromatic N) is 2. The van der Waals surface area contributed by atoms with Crippen LogP contribution >= 0.6 is 0 Å². The molecule has 0 aliphatic carbocycles. The molecule has 0 saturated carbocycles. The van der Waals surface area contributed by atoms with Crippen molar-refractivity contribution in [2.75, 3.05) is 39.9 Å². The van der Waals surface area contributed by atoms with Crippen LogP contribution in [0.3, 0.4) is 0 Å². The van der Waals surface area contributed by atoms with Crippen molar-refractivity contribution in [3.05, 3.63) is 35.4 Å². The predicted octanol–water partition coefficient (Wildman–Crippen LogP) is 1.54. The van der Waals surface area contributed by atoms with Crippen molar-refractivity contribution in [2.24, 2.45) is 5.92 Å². The average molecular weight is 395 g/mol. The SMILES string of the molecule is COCC1CCN(C(=O)C[C@@H]2C(=O)NCCN2Cc2ccc(F)c(F)c2)CC1. The Morgan fingerprint density at radius 1 is 1.21 bits per heavy atom. The van der Waals surface area contributed by atoms with E-state index in [4.69, 9.17) is 4.74 Å². The van der Waals surface area contributed by atoms with E-state index in [-0.39, 0.29) is 18.2 Å². The largest absolute Gasteiger partial charge is 0.384 e. The smallest absolute Gasteiger partial charge is 0.237 e. The Morgan fingerprint density at radius 3 is 2.64 bits per heavy atom. The van der Waals surface area contributed by atoms with E-state index in [2.05, 4.69) is 5.32 Å². The molecule has 2 amide bonds. The van der Waals surface area contributed by atoms with Crippen molar-refractivity contribution >= 4 is 11.8 Å². The Kier molecular flexibility index (Phi) is 6.96. The average Bonchev–Trinajstić information content (AvgIpc) is 2.68. The van der Waals surface area contributed by atoms with E-state index in [9.17, 15) is 18.4 Å². The first-order chi connectivity index (χ1) is 13.5. The van der Waals surface area contributed by atoms with Crippen LogP contribution < -0.4 is 5.32 Å². The number of hydrogen-bond acceptors (Lipinski definition) is 4. The molecule has 8 heteroatoms. The summed E-state index contributed by atoms with van der Waals surface area (Å²) in [5, 5.41) is 2.80. The molecular formula is C20H27F2N3O3. The molecule has 28 heavy (non-hydrogen) atoms. The van der Waals surface area contributed by atoms with Gasteiger partial charge in [0.05, 0.1) is 12.5 Å². The lowest BCUT2D eigenvalue weighted by atomic mass is 9.97. The van der Waals surface area contributed by atoms with Gasteiger partial charge in [0.2, 0.25) is 11.8 Å². The number of amides is 2. The number of piperidine rings is 1. The summed E-state index contributed by atoms with van der Waals surface area (Å²) in [6, 6.07) is 3.12. The van der Waals surface area contributed by atoms with Crippen LogP contribution in [0.5, 0.6) is 0 Å². The molecule has 2 aliphatic heterocycles. The van der Waals surface area contributed by atoms with Crippen LogP contribution in [0, 0.1) is 17.6 Å². The number of piperazine rings is 1. The lowest BCUT2D eigenvalue weighted by Crippen LogP contribution is -2.56. The minimum atomic E-state index is -0.912. The molecule has 154 valence electrons. The monoisotopic (exact) mass is 395 g/mol. The van der Waals surface area contributed by atoms with Crippen molar-refractivity contribution in [1.82, 2.24) is 15.1 Å². The standard InChI is InChI=1S/C20H27F2N3O3/c1-28-13-14-4-7-24(8-5-14)19(26)11-18-20(27)23-6-9-25(18)12-15-2-3-16(21)17(22)10-15/h2-3,10,14,18H,4-9,11-13H2,1H3,(H,23,27)/t18-/m1/s1. The molecular weight excluding hydrogens is 368 g/mol. The van der Waals surface area contributed by atoms with Gasteiger partial charge in [0.1, 0.15) is 0 Å².